The van der Waals surface area contributed by atoms with E-state index in [1.165, 1.54) is 17.0 Å². The van der Waals surface area contributed by atoms with Crippen LogP contribution in [0.2, 0.25) is 0 Å². The van der Waals surface area contributed by atoms with E-state index in [0.29, 0.717) is 40.7 Å². The average Bonchev–Trinajstić information content (AvgIpc) is 3.44. The molecule has 3 N–H and O–H groups in total. The summed E-state index contributed by atoms with van der Waals surface area (Å²) in [5, 5.41) is 11.7. The Bertz CT molecular complexity index is 1370. The van der Waals surface area contributed by atoms with Crippen molar-refractivity contribution in [2.24, 2.45) is 11.7 Å². The molecule has 1 fully saturated rings. The standard InChI is InChI=1S/C25H24N6O4/c1-30(24(35)17-6-8-19(32)12-17)18-7-9-21-20(13-18)28-25(31(21)11-10-22(27)33)29-23(34)16-4-2-15(14-26)3-5-16/h2-5,7,9,13,17H,6,8,10-12H2,1H3,(H2,27,33)(H,28,29,34). The van der Waals surface area contributed by atoms with Crippen LogP contribution in [0, 0.1) is 17.2 Å². The van der Waals surface area contributed by atoms with E-state index in [2.05, 4.69) is 10.3 Å². The van der Waals surface area contributed by atoms with Crippen LogP contribution in [0.1, 0.15) is 41.6 Å². The molecule has 0 saturated heterocycles. The van der Waals surface area contributed by atoms with E-state index in [1.807, 2.05) is 6.07 Å². The molecule has 3 aromatic rings. The van der Waals surface area contributed by atoms with E-state index in [4.69, 9.17) is 11.0 Å². The lowest BCUT2D eigenvalue weighted by molar-refractivity contribution is -0.124. The number of aromatic nitrogens is 2. The molecule has 1 atom stereocenters. The van der Waals surface area contributed by atoms with Gasteiger partial charge in [-0.3, -0.25) is 24.5 Å². The second kappa shape index (κ2) is 9.77. The van der Waals surface area contributed by atoms with Gasteiger partial charge in [0.15, 0.2) is 0 Å². The number of benzene rings is 2. The maximum Gasteiger partial charge on any atom is 0.257 e. The zero-order chi connectivity index (χ0) is 25.1. The highest BCUT2D eigenvalue weighted by atomic mass is 16.2. The molecule has 178 valence electrons. The lowest BCUT2D eigenvalue weighted by atomic mass is 10.1. The summed E-state index contributed by atoms with van der Waals surface area (Å²) in [6.45, 7) is 0.202. The second-order valence-corrected chi connectivity index (χ2v) is 8.50. The molecule has 2 aromatic carbocycles. The number of nitriles is 1. The number of carbonyl (C=O) groups is 4. The maximum absolute atomic E-state index is 12.8. The summed E-state index contributed by atoms with van der Waals surface area (Å²) in [5.41, 5.74) is 7.89. The van der Waals surface area contributed by atoms with Crippen molar-refractivity contribution in [1.82, 2.24) is 9.55 Å². The molecule has 0 radical (unpaired) electrons. The van der Waals surface area contributed by atoms with Gasteiger partial charge in [0.05, 0.1) is 22.7 Å². The van der Waals surface area contributed by atoms with Crippen LogP contribution in [0.15, 0.2) is 42.5 Å². The summed E-state index contributed by atoms with van der Waals surface area (Å²) >= 11 is 0. The van der Waals surface area contributed by atoms with E-state index in [-0.39, 0.29) is 42.9 Å². The molecule has 10 nitrogen and oxygen atoms in total. The maximum atomic E-state index is 12.8. The van der Waals surface area contributed by atoms with Crippen LogP contribution < -0.4 is 16.0 Å². The van der Waals surface area contributed by atoms with Gasteiger partial charge in [-0.2, -0.15) is 5.26 Å². The second-order valence-electron chi connectivity index (χ2n) is 8.50. The van der Waals surface area contributed by atoms with Gasteiger partial charge in [0, 0.05) is 50.0 Å². The molecule has 3 amide bonds. The average molecular weight is 473 g/mol. The van der Waals surface area contributed by atoms with Crippen molar-refractivity contribution in [3.8, 4) is 6.07 Å². The van der Waals surface area contributed by atoms with Crippen molar-refractivity contribution in [3.05, 3.63) is 53.6 Å². The van der Waals surface area contributed by atoms with Crippen molar-refractivity contribution in [2.45, 2.75) is 32.2 Å². The number of nitrogens with two attached hydrogens (primary N) is 1. The van der Waals surface area contributed by atoms with Crippen LogP contribution >= 0.6 is 0 Å². The Labute approximate surface area is 201 Å². The van der Waals surface area contributed by atoms with E-state index >= 15 is 0 Å². The van der Waals surface area contributed by atoms with E-state index in [1.54, 1.807) is 41.9 Å². The van der Waals surface area contributed by atoms with E-state index in [0.717, 1.165) is 0 Å². The van der Waals surface area contributed by atoms with Crippen LogP contribution in [-0.2, 0) is 20.9 Å². The van der Waals surface area contributed by atoms with Gasteiger partial charge in [0.25, 0.3) is 5.91 Å². The SMILES string of the molecule is CN(C(=O)C1CCC(=O)C1)c1ccc2c(c1)nc(NC(=O)c1ccc(C#N)cc1)n2CCC(N)=O. The summed E-state index contributed by atoms with van der Waals surface area (Å²) in [5.74, 6) is -1.05. The van der Waals surface area contributed by atoms with Gasteiger partial charge in [-0.25, -0.2) is 4.98 Å². The van der Waals surface area contributed by atoms with Crippen molar-refractivity contribution in [3.63, 3.8) is 0 Å². The minimum Gasteiger partial charge on any atom is -0.370 e. The molecule has 1 saturated carbocycles. The van der Waals surface area contributed by atoms with Gasteiger partial charge in [-0.1, -0.05) is 0 Å². The molecular weight excluding hydrogens is 448 g/mol. The number of hydrogen-bond acceptors (Lipinski definition) is 6. The quantitative estimate of drug-likeness (QED) is 0.539. The summed E-state index contributed by atoms with van der Waals surface area (Å²) in [6.07, 6.45) is 1.28. The van der Waals surface area contributed by atoms with E-state index in [9.17, 15) is 19.2 Å². The normalized spacial score (nSPS) is 15.1. The van der Waals surface area contributed by atoms with Gasteiger partial charge in [0.1, 0.15) is 5.78 Å². The number of imidazole rings is 1. The number of amides is 3. The van der Waals surface area contributed by atoms with Crippen LogP contribution in [0.5, 0.6) is 0 Å². The van der Waals surface area contributed by atoms with Gasteiger partial charge in [0.2, 0.25) is 17.8 Å². The van der Waals surface area contributed by atoms with E-state index < -0.39 is 11.8 Å². The molecule has 1 aliphatic carbocycles. The molecular formula is C25H24N6O4. The highest BCUT2D eigenvalue weighted by Crippen LogP contribution is 2.29. The first-order valence-electron chi connectivity index (χ1n) is 11.2. The lowest BCUT2D eigenvalue weighted by Crippen LogP contribution is -2.31. The minimum absolute atomic E-state index is 0.0427. The number of anilines is 2. The zero-order valence-corrected chi connectivity index (χ0v) is 19.2. The number of primary amides is 1. The predicted octanol–water partition coefficient (Wildman–Crippen LogP) is 2.37. The number of hydrogen-bond donors (Lipinski definition) is 2. The molecule has 4 rings (SSSR count). The van der Waals surface area contributed by atoms with Crippen LogP contribution in [0.4, 0.5) is 11.6 Å². The Morgan fingerprint density at radius 1 is 1.23 bits per heavy atom. The first kappa shape index (κ1) is 23.6. The molecule has 0 bridgehead atoms. The topological polar surface area (TPSA) is 151 Å². The largest absolute Gasteiger partial charge is 0.370 e. The summed E-state index contributed by atoms with van der Waals surface area (Å²) in [6, 6.07) is 13.4. The smallest absolute Gasteiger partial charge is 0.257 e. The molecule has 0 spiro atoms. The molecule has 0 aliphatic heterocycles. The Morgan fingerprint density at radius 2 is 1.97 bits per heavy atom. The molecule has 1 aliphatic rings. The third kappa shape index (κ3) is 5.04. The number of aryl methyl sites for hydroxylation is 1. The Morgan fingerprint density at radius 3 is 2.60 bits per heavy atom. The Kier molecular flexibility index (Phi) is 6.59. The third-order valence-electron chi connectivity index (χ3n) is 6.13. The number of fused-ring (bicyclic) bond motifs is 1. The number of nitrogens with zero attached hydrogens (tertiary/aromatic N) is 4. The number of Topliss-reactive ketones (excluding diaryl/α,β-unsaturated/α-hetero) is 1. The summed E-state index contributed by atoms with van der Waals surface area (Å²) in [7, 11) is 1.66. The number of nitrogens with one attached hydrogen (secondary N) is 1. The van der Waals surface area contributed by atoms with Crippen LogP contribution in [0.3, 0.4) is 0 Å². The van der Waals surface area contributed by atoms with Gasteiger partial charge in [-0.15, -0.1) is 0 Å². The third-order valence-corrected chi connectivity index (χ3v) is 6.13. The van der Waals surface area contributed by atoms with Crippen LogP contribution in [0.25, 0.3) is 11.0 Å². The first-order valence-corrected chi connectivity index (χ1v) is 11.2. The fourth-order valence-corrected chi connectivity index (χ4v) is 4.17. The molecule has 1 aromatic heterocycles. The van der Waals surface area contributed by atoms with Crippen molar-refractivity contribution < 1.29 is 19.2 Å². The summed E-state index contributed by atoms with van der Waals surface area (Å²) < 4.78 is 1.68. The lowest BCUT2D eigenvalue weighted by Gasteiger charge is -2.20. The predicted molar refractivity (Wildman–Crippen MR) is 128 cm³/mol. The number of ketones is 1. The Balaban J connectivity index is 1.64. The fraction of sp³-hybridized carbons (Fsp3) is 0.280. The molecule has 1 heterocycles. The molecule has 1 unspecified atom stereocenters. The van der Waals surface area contributed by atoms with Crippen molar-refractivity contribution >= 4 is 46.2 Å². The van der Waals surface area contributed by atoms with Crippen molar-refractivity contribution in [2.75, 3.05) is 17.3 Å². The fourth-order valence-electron chi connectivity index (χ4n) is 4.17. The summed E-state index contributed by atoms with van der Waals surface area (Å²) in [4.78, 5) is 54.7. The highest BCUT2D eigenvalue weighted by Gasteiger charge is 2.31. The van der Waals surface area contributed by atoms with Crippen molar-refractivity contribution in [1.29, 1.82) is 5.26 Å². The number of rotatable bonds is 7. The van der Waals surface area contributed by atoms with Crippen LogP contribution in [-0.4, -0.2) is 40.1 Å². The molecule has 35 heavy (non-hydrogen) atoms. The van der Waals surface area contributed by atoms with Gasteiger partial charge in [-0.05, 0) is 48.9 Å². The number of carbonyl (C=O) groups excluding carboxylic acids is 4. The molecule has 10 heteroatoms. The first-order chi connectivity index (χ1) is 16.8. The minimum atomic E-state index is -0.496. The van der Waals surface area contributed by atoms with Gasteiger partial charge >= 0.3 is 0 Å². The zero-order valence-electron chi connectivity index (χ0n) is 19.2. The Hall–Kier alpha value is -4.52. The van der Waals surface area contributed by atoms with Gasteiger partial charge < -0.3 is 15.2 Å². The highest BCUT2D eigenvalue weighted by molar-refractivity contribution is 6.04. The monoisotopic (exact) mass is 472 g/mol.